The molecule has 0 bridgehead atoms. The maximum atomic E-state index is 2.75. The van der Waals surface area contributed by atoms with E-state index >= 15 is 0 Å². The van der Waals surface area contributed by atoms with Gasteiger partial charge in [0.25, 0.3) is 0 Å². The number of rotatable bonds is 8. The highest BCUT2D eigenvalue weighted by Gasteiger charge is 2.20. The second kappa shape index (κ2) is 10.8. The Labute approximate surface area is 119 Å². The Bertz CT molecular complexity index is 144. The SMILES string of the molecule is CCCCCCC(CCC)N1CCCC1.I. The van der Waals surface area contributed by atoms with Crippen molar-refractivity contribution in [3.8, 4) is 0 Å². The van der Waals surface area contributed by atoms with Gasteiger partial charge in [0.15, 0.2) is 0 Å². The Morgan fingerprint density at radius 1 is 0.875 bits per heavy atom. The van der Waals surface area contributed by atoms with Gasteiger partial charge in [-0.2, -0.15) is 0 Å². The van der Waals surface area contributed by atoms with Crippen LogP contribution < -0.4 is 0 Å². The standard InChI is InChI=1S/C14H29N.HI/c1-3-5-6-7-11-14(10-4-2)15-12-8-9-13-15;/h14H,3-13H2,1-2H3;1H. The van der Waals surface area contributed by atoms with Crippen molar-refractivity contribution in [3.05, 3.63) is 0 Å². The normalized spacial score (nSPS) is 18.4. The molecule has 16 heavy (non-hydrogen) atoms. The van der Waals surface area contributed by atoms with E-state index in [4.69, 9.17) is 0 Å². The van der Waals surface area contributed by atoms with Crippen molar-refractivity contribution >= 4 is 24.0 Å². The van der Waals surface area contributed by atoms with Crippen LogP contribution in [0.15, 0.2) is 0 Å². The van der Waals surface area contributed by atoms with Crippen molar-refractivity contribution in [1.29, 1.82) is 0 Å². The van der Waals surface area contributed by atoms with Gasteiger partial charge in [-0.25, -0.2) is 0 Å². The first-order chi connectivity index (χ1) is 7.38. The van der Waals surface area contributed by atoms with E-state index in [2.05, 4.69) is 18.7 Å². The zero-order valence-corrected chi connectivity index (χ0v) is 13.5. The predicted molar refractivity (Wildman–Crippen MR) is 83.7 cm³/mol. The van der Waals surface area contributed by atoms with Gasteiger partial charge in [0.05, 0.1) is 0 Å². The minimum Gasteiger partial charge on any atom is -0.300 e. The summed E-state index contributed by atoms with van der Waals surface area (Å²) in [6, 6.07) is 0.911. The molecule has 1 rings (SSSR count). The van der Waals surface area contributed by atoms with Crippen molar-refractivity contribution < 1.29 is 0 Å². The maximum absolute atomic E-state index is 2.75. The van der Waals surface area contributed by atoms with Crippen LogP contribution in [0.2, 0.25) is 0 Å². The molecule has 0 amide bonds. The summed E-state index contributed by atoms with van der Waals surface area (Å²) in [5.41, 5.74) is 0. The molecule has 1 fully saturated rings. The van der Waals surface area contributed by atoms with Crippen LogP contribution in [0.4, 0.5) is 0 Å². The van der Waals surface area contributed by atoms with Gasteiger partial charge in [0, 0.05) is 6.04 Å². The number of unbranched alkanes of at least 4 members (excludes halogenated alkanes) is 3. The molecule has 1 heterocycles. The Kier molecular flexibility index (Phi) is 11.3. The molecule has 0 saturated carbocycles. The molecule has 0 spiro atoms. The van der Waals surface area contributed by atoms with Crippen molar-refractivity contribution in [1.82, 2.24) is 4.90 Å². The molecule has 0 N–H and O–H groups in total. The molecule has 1 saturated heterocycles. The Morgan fingerprint density at radius 2 is 1.56 bits per heavy atom. The highest BCUT2D eigenvalue weighted by atomic mass is 127. The average molecular weight is 339 g/mol. The van der Waals surface area contributed by atoms with Crippen molar-refractivity contribution in [2.75, 3.05) is 13.1 Å². The van der Waals surface area contributed by atoms with Crippen LogP contribution in [0.3, 0.4) is 0 Å². The van der Waals surface area contributed by atoms with E-state index in [0.29, 0.717) is 0 Å². The van der Waals surface area contributed by atoms with E-state index < -0.39 is 0 Å². The van der Waals surface area contributed by atoms with Crippen LogP contribution in [0, 0.1) is 0 Å². The summed E-state index contributed by atoms with van der Waals surface area (Å²) in [7, 11) is 0. The Hall–Kier alpha value is 0.690. The lowest BCUT2D eigenvalue weighted by atomic mass is 10.0. The summed E-state index contributed by atoms with van der Waals surface area (Å²) in [6.07, 6.45) is 12.8. The highest BCUT2D eigenvalue weighted by Crippen LogP contribution is 2.20. The minimum atomic E-state index is 0. The zero-order valence-electron chi connectivity index (χ0n) is 11.2. The molecule has 0 aliphatic carbocycles. The monoisotopic (exact) mass is 339 g/mol. The lowest BCUT2D eigenvalue weighted by Gasteiger charge is -2.27. The molecule has 98 valence electrons. The third-order valence-corrected chi connectivity index (χ3v) is 3.67. The van der Waals surface area contributed by atoms with Crippen LogP contribution >= 0.6 is 24.0 Å². The van der Waals surface area contributed by atoms with Crippen molar-refractivity contribution in [3.63, 3.8) is 0 Å². The molecule has 0 aromatic rings. The highest BCUT2D eigenvalue weighted by molar-refractivity contribution is 14.0. The lowest BCUT2D eigenvalue weighted by Crippen LogP contribution is -2.32. The fourth-order valence-electron chi connectivity index (χ4n) is 2.76. The third-order valence-electron chi connectivity index (χ3n) is 3.67. The molecule has 0 radical (unpaired) electrons. The molecule has 1 atom stereocenters. The topological polar surface area (TPSA) is 3.24 Å². The fraction of sp³-hybridized carbons (Fsp3) is 1.00. The Morgan fingerprint density at radius 3 is 2.12 bits per heavy atom. The fourth-order valence-corrected chi connectivity index (χ4v) is 2.76. The van der Waals surface area contributed by atoms with Gasteiger partial charge in [-0.3, -0.25) is 0 Å². The summed E-state index contributed by atoms with van der Waals surface area (Å²) in [5.74, 6) is 0. The molecule has 1 aliphatic heterocycles. The predicted octanol–water partition coefficient (Wildman–Crippen LogP) is 4.84. The van der Waals surface area contributed by atoms with Crippen LogP contribution in [0.1, 0.15) is 71.6 Å². The third kappa shape index (κ3) is 6.43. The largest absolute Gasteiger partial charge is 0.300 e. The van der Waals surface area contributed by atoms with Gasteiger partial charge in [-0.05, 0) is 38.8 Å². The number of likely N-dealkylation sites (tertiary alicyclic amines) is 1. The summed E-state index contributed by atoms with van der Waals surface area (Å²) in [4.78, 5) is 2.75. The van der Waals surface area contributed by atoms with Gasteiger partial charge in [-0.1, -0.05) is 46.0 Å². The maximum Gasteiger partial charge on any atom is 0.00951 e. The van der Waals surface area contributed by atoms with Crippen molar-refractivity contribution in [2.45, 2.75) is 77.7 Å². The first-order valence-corrected chi connectivity index (χ1v) is 7.12. The van der Waals surface area contributed by atoms with Crippen LogP contribution in [-0.4, -0.2) is 24.0 Å². The van der Waals surface area contributed by atoms with Gasteiger partial charge in [0.2, 0.25) is 0 Å². The second-order valence-corrected chi connectivity index (χ2v) is 5.03. The molecule has 0 aromatic carbocycles. The van der Waals surface area contributed by atoms with E-state index in [0.717, 1.165) is 6.04 Å². The quantitative estimate of drug-likeness (QED) is 0.452. The van der Waals surface area contributed by atoms with Gasteiger partial charge >= 0.3 is 0 Å². The van der Waals surface area contributed by atoms with E-state index in [1.807, 2.05) is 0 Å². The molecule has 1 unspecified atom stereocenters. The molecule has 2 heteroatoms. The number of nitrogens with zero attached hydrogens (tertiary/aromatic N) is 1. The smallest absolute Gasteiger partial charge is 0.00951 e. The summed E-state index contributed by atoms with van der Waals surface area (Å²) < 4.78 is 0. The van der Waals surface area contributed by atoms with Crippen molar-refractivity contribution in [2.24, 2.45) is 0 Å². The first-order valence-electron chi connectivity index (χ1n) is 7.12. The van der Waals surface area contributed by atoms with Crippen LogP contribution in [-0.2, 0) is 0 Å². The second-order valence-electron chi connectivity index (χ2n) is 5.03. The molecule has 1 aliphatic rings. The summed E-state index contributed by atoms with van der Waals surface area (Å²) in [5, 5.41) is 0. The number of hydrogen-bond donors (Lipinski definition) is 0. The lowest BCUT2D eigenvalue weighted by molar-refractivity contribution is 0.213. The van der Waals surface area contributed by atoms with Gasteiger partial charge in [0.1, 0.15) is 0 Å². The minimum absolute atomic E-state index is 0. The number of halogens is 1. The van der Waals surface area contributed by atoms with Gasteiger partial charge in [-0.15, -0.1) is 24.0 Å². The molecule has 1 nitrogen and oxygen atoms in total. The average Bonchev–Trinajstić information content (AvgIpc) is 2.76. The molecular weight excluding hydrogens is 309 g/mol. The van der Waals surface area contributed by atoms with Gasteiger partial charge < -0.3 is 4.90 Å². The van der Waals surface area contributed by atoms with E-state index in [1.54, 1.807) is 0 Å². The molecular formula is C14H30IN. The van der Waals surface area contributed by atoms with E-state index in [-0.39, 0.29) is 24.0 Å². The Balaban J connectivity index is 0.00000225. The zero-order chi connectivity index (χ0) is 10.9. The van der Waals surface area contributed by atoms with E-state index in [9.17, 15) is 0 Å². The first kappa shape index (κ1) is 16.7. The summed E-state index contributed by atoms with van der Waals surface area (Å²) >= 11 is 0. The van der Waals surface area contributed by atoms with Crippen LogP contribution in [0.25, 0.3) is 0 Å². The van der Waals surface area contributed by atoms with E-state index in [1.165, 1.54) is 70.9 Å². The van der Waals surface area contributed by atoms with Crippen LogP contribution in [0.5, 0.6) is 0 Å². The number of hydrogen-bond acceptors (Lipinski definition) is 1. The summed E-state index contributed by atoms with van der Waals surface area (Å²) in [6.45, 7) is 7.37. The molecule has 0 aromatic heterocycles.